The molecule has 9 heteroatoms. The van der Waals surface area contributed by atoms with Crippen molar-refractivity contribution in [1.29, 1.82) is 0 Å². The first-order valence-corrected chi connectivity index (χ1v) is 8.29. The molecule has 144 valence electrons. The molecule has 0 aromatic heterocycles. The molecule has 0 spiro atoms. The molecular weight excluding hydrogens is 353 g/mol. The molecule has 0 radical (unpaired) electrons. The Labute approximate surface area is 149 Å². The molecule has 1 saturated heterocycles. The summed E-state index contributed by atoms with van der Waals surface area (Å²) in [5.41, 5.74) is 0.729. The van der Waals surface area contributed by atoms with Crippen molar-refractivity contribution in [2.75, 3.05) is 37.8 Å². The number of halogens is 3. The largest absolute Gasteiger partial charge is 0.484 e. The number of alkyl halides is 3. The normalized spacial score (nSPS) is 14.6. The topological polar surface area (TPSA) is 67.9 Å². The van der Waals surface area contributed by atoms with E-state index in [-0.39, 0.29) is 38.0 Å². The number of carbonyl (C=O) groups excluding carboxylic acids is 2. The van der Waals surface area contributed by atoms with E-state index in [2.05, 4.69) is 10.1 Å². The van der Waals surface area contributed by atoms with Crippen LogP contribution in [0.1, 0.15) is 19.3 Å². The van der Waals surface area contributed by atoms with Crippen molar-refractivity contribution in [2.45, 2.75) is 25.4 Å². The minimum atomic E-state index is -4.34. The smallest absolute Gasteiger partial charge is 0.411 e. The summed E-state index contributed by atoms with van der Waals surface area (Å²) in [6.07, 6.45) is -2.72. The third-order valence-electron chi connectivity index (χ3n) is 3.63. The highest BCUT2D eigenvalue weighted by Crippen LogP contribution is 2.25. The molecule has 0 saturated carbocycles. The van der Waals surface area contributed by atoms with Crippen molar-refractivity contribution in [3.63, 3.8) is 0 Å². The molecule has 0 unspecified atom stereocenters. The van der Waals surface area contributed by atoms with E-state index in [4.69, 9.17) is 4.74 Å². The van der Waals surface area contributed by atoms with Gasteiger partial charge in [0.25, 0.3) is 5.91 Å². The Kier molecular flexibility index (Phi) is 7.26. The summed E-state index contributed by atoms with van der Waals surface area (Å²) in [6.45, 7) is -0.741. The van der Waals surface area contributed by atoms with Crippen LogP contribution in [0.2, 0.25) is 0 Å². The van der Waals surface area contributed by atoms with E-state index >= 15 is 0 Å². The minimum absolute atomic E-state index is 0.0626. The lowest BCUT2D eigenvalue weighted by Gasteiger charge is -2.16. The van der Waals surface area contributed by atoms with E-state index in [1.807, 2.05) is 0 Å². The van der Waals surface area contributed by atoms with E-state index in [1.165, 1.54) is 0 Å². The predicted molar refractivity (Wildman–Crippen MR) is 88.0 cm³/mol. The Morgan fingerprint density at radius 2 is 2.12 bits per heavy atom. The number of hydrogen-bond donors (Lipinski definition) is 1. The van der Waals surface area contributed by atoms with Crippen molar-refractivity contribution >= 4 is 17.5 Å². The average molecular weight is 374 g/mol. The molecule has 26 heavy (non-hydrogen) atoms. The standard InChI is InChI=1S/C17H21F3N2O4/c18-17(19,20)12-25-9-3-7-21-15(23)11-26-14-5-1-4-13(10-14)22-8-2-6-16(22)24/h1,4-5,10H,2-3,6-9,11-12H2,(H,21,23). The predicted octanol–water partition coefficient (Wildman–Crippen LogP) is 2.28. The zero-order valence-corrected chi connectivity index (χ0v) is 14.2. The first kappa shape index (κ1) is 20.0. The van der Waals surface area contributed by atoms with Crippen molar-refractivity contribution < 1.29 is 32.2 Å². The summed E-state index contributed by atoms with van der Waals surface area (Å²) in [6, 6.07) is 6.92. The number of ether oxygens (including phenoxy) is 2. The van der Waals surface area contributed by atoms with Gasteiger partial charge in [-0.15, -0.1) is 0 Å². The molecule has 1 aliphatic heterocycles. The van der Waals surface area contributed by atoms with Gasteiger partial charge in [0.1, 0.15) is 12.4 Å². The van der Waals surface area contributed by atoms with Crippen molar-refractivity contribution in [1.82, 2.24) is 5.32 Å². The van der Waals surface area contributed by atoms with Gasteiger partial charge in [-0.2, -0.15) is 13.2 Å². The van der Waals surface area contributed by atoms with Crippen LogP contribution in [0.5, 0.6) is 5.75 Å². The molecule has 0 aliphatic carbocycles. The van der Waals surface area contributed by atoms with Crippen LogP contribution in [0, 0.1) is 0 Å². The van der Waals surface area contributed by atoms with Gasteiger partial charge >= 0.3 is 6.18 Å². The lowest BCUT2D eigenvalue weighted by Crippen LogP contribution is -2.30. The third kappa shape index (κ3) is 6.91. The van der Waals surface area contributed by atoms with Crippen LogP contribution >= 0.6 is 0 Å². The quantitative estimate of drug-likeness (QED) is 0.674. The van der Waals surface area contributed by atoms with Crippen LogP contribution < -0.4 is 15.0 Å². The van der Waals surface area contributed by atoms with Crippen LogP contribution in [0.25, 0.3) is 0 Å². The third-order valence-corrected chi connectivity index (χ3v) is 3.63. The van der Waals surface area contributed by atoms with Gasteiger partial charge in [-0.3, -0.25) is 9.59 Å². The first-order valence-electron chi connectivity index (χ1n) is 8.29. The van der Waals surface area contributed by atoms with E-state index in [1.54, 1.807) is 29.2 Å². The van der Waals surface area contributed by atoms with Crippen LogP contribution in [-0.2, 0) is 14.3 Å². The zero-order chi connectivity index (χ0) is 19.0. The number of carbonyl (C=O) groups is 2. The first-order chi connectivity index (χ1) is 12.3. The van der Waals surface area contributed by atoms with Crippen LogP contribution in [0.15, 0.2) is 24.3 Å². The summed E-state index contributed by atoms with van der Waals surface area (Å²) in [5, 5.41) is 2.54. The number of anilines is 1. The molecule has 1 aromatic rings. The summed E-state index contributed by atoms with van der Waals surface area (Å²) in [5.74, 6) is 0.141. The number of nitrogens with one attached hydrogen (secondary N) is 1. The Morgan fingerprint density at radius 1 is 1.31 bits per heavy atom. The molecule has 1 heterocycles. The summed E-state index contributed by atoms with van der Waals surface area (Å²) in [4.78, 5) is 25.1. The lowest BCUT2D eigenvalue weighted by molar-refractivity contribution is -0.174. The second-order valence-electron chi connectivity index (χ2n) is 5.81. The molecule has 0 atom stereocenters. The average Bonchev–Trinajstić information content (AvgIpc) is 3.01. The van der Waals surface area contributed by atoms with Crippen LogP contribution in [-0.4, -0.2) is 50.9 Å². The second kappa shape index (κ2) is 9.42. The maximum Gasteiger partial charge on any atom is 0.411 e. The maximum atomic E-state index is 11.9. The fourth-order valence-electron chi connectivity index (χ4n) is 2.45. The Morgan fingerprint density at radius 3 is 2.81 bits per heavy atom. The number of nitrogens with zero attached hydrogens (tertiary/aromatic N) is 1. The molecule has 1 fully saturated rings. The van der Waals surface area contributed by atoms with E-state index < -0.39 is 12.8 Å². The molecular formula is C17H21F3N2O4. The van der Waals surface area contributed by atoms with Gasteiger partial charge in [0.2, 0.25) is 5.91 Å². The highest BCUT2D eigenvalue weighted by atomic mass is 19.4. The molecule has 6 nitrogen and oxygen atoms in total. The van der Waals surface area contributed by atoms with Gasteiger partial charge in [-0.1, -0.05) is 6.07 Å². The Bertz CT molecular complexity index is 622. The fourth-order valence-corrected chi connectivity index (χ4v) is 2.45. The number of rotatable bonds is 9. The monoisotopic (exact) mass is 374 g/mol. The highest BCUT2D eigenvalue weighted by molar-refractivity contribution is 5.95. The van der Waals surface area contributed by atoms with Crippen molar-refractivity contribution in [2.24, 2.45) is 0 Å². The minimum Gasteiger partial charge on any atom is -0.484 e. The number of hydrogen-bond acceptors (Lipinski definition) is 4. The fraction of sp³-hybridized carbons (Fsp3) is 0.529. The molecule has 1 aromatic carbocycles. The molecule has 2 amide bonds. The number of benzene rings is 1. The summed E-state index contributed by atoms with van der Waals surface area (Å²) >= 11 is 0. The van der Waals surface area contributed by atoms with Crippen LogP contribution in [0.3, 0.4) is 0 Å². The Balaban J connectivity index is 1.65. The highest BCUT2D eigenvalue weighted by Gasteiger charge is 2.27. The van der Waals surface area contributed by atoms with Gasteiger partial charge in [0, 0.05) is 37.9 Å². The lowest BCUT2D eigenvalue weighted by atomic mass is 10.3. The van der Waals surface area contributed by atoms with Crippen LogP contribution in [0.4, 0.5) is 18.9 Å². The summed E-state index contributed by atoms with van der Waals surface area (Å²) in [7, 11) is 0. The molecule has 2 rings (SSSR count). The van der Waals surface area contributed by atoms with Gasteiger partial charge in [-0.25, -0.2) is 0 Å². The molecule has 0 bridgehead atoms. The van der Waals surface area contributed by atoms with Crippen molar-refractivity contribution in [3.8, 4) is 5.75 Å². The van der Waals surface area contributed by atoms with E-state index in [0.717, 1.165) is 12.1 Å². The van der Waals surface area contributed by atoms with E-state index in [9.17, 15) is 22.8 Å². The summed E-state index contributed by atoms with van der Waals surface area (Å²) < 4.78 is 45.4. The molecule has 1 aliphatic rings. The van der Waals surface area contributed by atoms with Gasteiger partial charge in [0.15, 0.2) is 6.61 Å². The van der Waals surface area contributed by atoms with E-state index in [0.29, 0.717) is 18.7 Å². The van der Waals surface area contributed by atoms with Gasteiger partial charge in [-0.05, 0) is 25.0 Å². The van der Waals surface area contributed by atoms with Crippen molar-refractivity contribution in [3.05, 3.63) is 24.3 Å². The Hall–Kier alpha value is -2.29. The van der Waals surface area contributed by atoms with Gasteiger partial charge in [0.05, 0.1) is 0 Å². The van der Waals surface area contributed by atoms with Gasteiger partial charge < -0.3 is 19.7 Å². The maximum absolute atomic E-state index is 11.9. The second-order valence-corrected chi connectivity index (χ2v) is 5.81. The molecule has 1 N–H and O–H groups in total. The SMILES string of the molecule is O=C(COc1cccc(N2CCCC2=O)c1)NCCCOCC(F)(F)F. The zero-order valence-electron chi connectivity index (χ0n) is 14.2. The number of amides is 2.